The first kappa shape index (κ1) is 29.0. The van der Waals surface area contributed by atoms with Crippen molar-refractivity contribution < 1.29 is 22.7 Å². The van der Waals surface area contributed by atoms with Crippen molar-refractivity contribution in [3.05, 3.63) is 80.8 Å². The summed E-state index contributed by atoms with van der Waals surface area (Å²) in [5.41, 5.74) is 4.09. The smallest absolute Gasteiger partial charge is 0.319 e. The fourth-order valence-corrected chi connectivity index (χ4v) is 6.50. The van der Waals surface area contributed by atoms with Gasteiger partial charge in [0.05, 0.1) is 41.6 Å². The molecule has 3 aromatic rings. The largest absolute Gasteiger partial charge is 0.495 e. The highest BCUT2D eigenvalue weighted by Gasteiger charge is 2.22. The Morgan fingerprint density at radius 2 is 1.74 bits per heavy atom. The number of likely N-dealkylation sites (N-methyl/N-ethyl adjacent to an activating group) is 1. The lowest BCUT2D eigenvalue weighted by Crippen LogP contribution is -2.31. The molecule has 39 heavy (non-hydrogen) atoms. The third kappa shape index (κ3) is 6.61. The van der Waals surface area contributed by atoms with Crippen molar-refractivity contribution in [1.82, 2.24) is 10.2 Å². The fourth-order valence-electron chi connectivity index (χ4n) is 4.58. The number of urea groups is 1. The molecule has 1 heterocycles. The summed E-state index contributed by atoms with van der Waals surface area (Å²) in [6, 6.07) is 12.6. The molecule has 2 amide bonds. The van der Waals surface area contributed by atoms with Crippen LogP contribution in [0, 0.1) is 0 Å². The first-order valence-corrected chi connectivity index (χ1v) is 14.7. The normalized spacial score (nSPS) is 14.3. The van der Waals surface area contributed by atoms with Crippen molar-refractivity contribution in [2.45, 2.75) is 36.6 Å². The van der Waals surface area contributed by atoms with Gasteiger partial charge in [0.2, 0.25) is 0 Å². The fraction of sp³-hybridized carbons (Fsp3) is 0.321. The molecule has 0 saturated carbocycles. The molecule has 11 heteroatoms. The molecule has 0 saturated heterocycles. The minimum absolute atomic E-state index is 0.107. The lowest BCUT2D eigenvalue weighted by atomic mass is 9.98. The monoisotopic (exact) mass is 591 g/mol. The number of benzene rings is 3. The number of nitrogens with one attached hydrogen (secondary N) is 2. The van der Waals surface area contributed by atoms with Crippen LogP contribution < -0.4 is 20.1 Å². The number of hydrogen-bond acceptors (Lipinski definition) is 6. The van der Waals surface area contributed by atoms with Gasteiger partial charge in [0, 0.05) is 19.2 Å². The van der Waals surface area contributed by atoms with E-state index in [0.29, 0.717) is 17.0 Å². The van der Waals surface area contributed by atoms with E-state index in [0.717, 1.165) is 25.1 Å². The maximum atomic E-state index is 13.2. The van der Waals surface area contributed by atoms with E-state index in [1.54, 1.807) is 19.1 Å². The Kier molecular flexibility index (Phi) is 8.96. The van der Waals surface area contributed by atoms with Gasteiger partial charge in [-0.2, -0.15) is 0 Å². The zero-order valence-electron chi connectivity index (χ0n) is 22.2. The number of anilines is 1. The van der Waals surface area contributed by atoms with E-state index in [-0.39, 0.29) is 26.4 Å². The van der Waals surface area contributed by atoms with Crippen molar-refractivity contribution in [3.63, 3.8) is 0 Å². The standard InChI is InChI=1S/C28H31Cl2N3O5S/c1-17(22-8-10-24(37-3)27(30)26(22)29)31-28(34)32-23-9-7-21(14-25(23)38-4)39(35,36)16-18-5-6-20-15-33(2)12-11-19(20)13-18/h5-10,13-14,17H,11-12,15-16H2,1-4H3,(H2,31,32,34). The highest BCUT2D eigenvalue weighted by atomic mass is 35.5. The zero-order valence-corrected chi connectivity index (χ0v) is 24.5. The van der Waals surface area contributed by atoms with E-state index >= 15 is 0 Å². The summed E-state index contributed by atoms with van der Waals surface area (Å²) >= 11 is 12.6. The van der Waals surface area contributed by atoms with Crippen LogP contribution in [0.4, 0.5) is 10.5 Å². The van der Waals surface area contributed by atoms with Crippen molar-refractivity contribution in [2.75, 3.05) is 33.1 Å². The van der Waals surface area contributed by atoms with Gasteiger partial charge in [0.25, 0.3) is 0 Å². The predicted octanol–water partition coefficient (Wildman–Crippen LogP) is 5.86. The van der Waals surface area contributed by atoms with Gasteiger partial charge >= 0.3 is 6.03 Å². The SMILES string of the molecule is COc1cc(S(=O)(=O)Cc2ccc3c(c2)CCN(C)C3)ccc1NC(=O)NC(C)c1ccc(OC)c(Cl)c1Cl. The minimum atomic E-state index is -3.65. The number of fused-ring (bicyclic) bond motifs is 1. The number of carbonyl (C=O) groups is 1. The number of ether oxygens (including phenoxy) is 2. The summed E-state index contributed by atoms with van der Waals surface area (Å²) in [4.78, 5) is 15.1. The number of carbonyl (C=O) groups excluding carboxylic acids is 1. The van der Waals surface area contributed by atoms with E-state index in [1.807, 2.05) is 18.2 Å². The van der Waals surface area contributed by atoms with Gasteiger partial charge in [-0.05, 0) is 60.8 Å². The molecule has 208 valence electrons. The van der Waals surface area contributed by atoms with Gasteiger partial charge in [-0.25, -0.2) is 13.2 Å². The summed E-state index contributed by atoms with van der Waals surface area (Å²) in [6.07, 6.45) is 0.895. The maximum absolute atomic E-state index is 13.2. The van der Waals surface area contributed by atoms with Crippen molar-refractivity contribution >= 4 is 44.8 Å². The predicted molar refractivity (Wildman–Crippen MR) is 154 cm³/mol. The third-order valence-corrected chi connectivity index (χ3v) is 9.29. The summed E-state index contributed by atoms with van der Waals surface area (Å²) in [7, 11) is 1.32. The van der Waals surface area contributed by atoms with Crippen LogP contribution in [0.15, 0.2) is 53.4 Å². The molecular weight excluding hydrogens is 561 g/mol. The molecule has 0 bridgehead atoms. The van der Waals surface area contributed by atoms with Crippen LogP contribution in [0.25, 0.3) is 0 Å². The van der Waals surface area contributed by atoms with Crippen molar-refractivity contribution in [2.24, 2.45) is 0 Å². The molecule has 0 radical (unpaired) electrons. The molecule has 0 aliphatic carbocycles. The van der Waals surface area contributed by atoms with Gasteiger partial charge in [-0.1, -0.05) is 47.5 Å². The Balaban J connectivity index is 1.46. The van der Waals surface area contributed by atoms with Crippen molar-refractivity contribution in [3.8, 4) is 11.5 Å². The average Bonchev–Trinajstić information content (AvgIpc) is 2.90. The van der Waals surface area contributed by atoms with Crippen LogP contribution >= 0.6 is 23.2 Å². The second-order valence-corrected chi connectivity index (χ2v) is 12.3. The number of nitrogens with zero attached hydrogens (tertiary/aromatic N) is 1. The van der Waals surface area contributed by atoms with Crippen LogP contribution in [0.5, 0.6) is 11.5 Å². The number of amides is 2. The number of sulfone groups is 1. The molecule has 1 unspecified atom stereocenters. The van der Waals surface area contributed by atoms with Crippen molar-refractivity contribution in [1.29, 1.82) is 0 Å². The first-order chi connectivity index (χ1) is 18.5. The molecule has 3 aromatic carbocycles. The van der Waals surface area contributed by atoms with Crippen LogP contribution in [0.1, 0.15) is 35.2 Å². The third-order valence-electron chi connectivity index (χ3n) is 6.72. The van der Waals surface area contributed by atoms with Gasteiger partial charge in [0.1, 0.15) is 16.5 Å². The lowest BCUT2D eigenvalue weighted by molar-refractivity contribution is 0.249. The number of methoxy groups -OCH3 is 2. The number of halogens is 2. The summed E-state index contributed by atoms with van der Waals surface area (Å²) in [6.45, 7) is 3.57. The van der Waals surface area contributed by atoms with Gasteiger partial charge in [-0.15, -0.1) is 0 Å². The van der Waals surface area contributed by atoms with E-state index in [4.69, 9.17) is 32.7 Å². The number of hydrogen-bond donors (Lipinski definition) is 2. The molecule has 4 rings (SSSR count). The highest BCUT2D eigenvalue weighted by molar-refractivity contribution is 7.90. The van der Waals surface area contributed by atoms with Crippen LogP contribution in [-0.4, -0.2) is 47.2 Å². The summed E-state index contributed by atoms with van der Waals surface area (Å²) in [5, 5.41) is 6.04. The number of rotatable bonds is 8. The minimum Gasteiger partial charge on any atom is -0.495 e. The Hall–Kier alpha value is -2.98. The highest BCUT2D eigenvalue weighted by Crippen LogP contribution is 2.37. The molecule has 0 fully saturated rings. The molecule has 2 N–H and O–H groups in total. The zero-order chi connectivity index (χ0) is 28.3. The van der Waals surface area contributed by atoms with Gasteiger partial charge in [-0.3, -0.25) is 0 Å². The Morgan fingerprint density at radius 1 is 1.00 bits per heavy atom. The molecule has 8 nitrogen and oxygen atoms in total. The molecule has 1 atom stereocenters. The van der Waals surface area contributed by atoms with Crippen LogP contribution in [-0.2, 0) is 28.6 Å². The van der Waals surface area contributed by atoms with Crippen LogP contribution in [0.3, 0.4) is 0 Å². The van der Waals surface area contributed by atoms with E-state index in [2.05, 4.69) is 22.6 Å². The average molecular weight is 593 g/mol. The van der Waals surface area contributed by atoms with Gasteiger partial charge in [0.15, 0.2) is 9.84 Å². The van der Waals surface area contributed by atoms with E-state index < -0.39 is 21.9 Å². The van der Waals surface area contributed by atoms with E-state index in [1.165, 1.54) is 43.5 Å². The molecule has 0 spiro atoms. The summed E-state index contributed by atoms with van der Waals surface area (Å²) < 4.78 is 37.0. The Labute approximate surface area is 239 Å². The second-order valence-electron chi connectivity index (χ2n) is 9.52. The lowest BCUT2D eigenvalue weighted by Gasteiger charge is -2.25. The molecule has 0 aromatic heterocycles. The quantitative estimate of drug-likeness (QED) is 0.341. The first-order valence-electron chi connectivity index (χ1n) is 12.3. The molecule has 1 aliphatic rings. The Bertz CT molecular complexity index is 1500. The molecular formula is C28H31Cl2N3O5S. The topological polar surface area (TPSA) is 97.0 Å². The summed E-state index contributed by atoms with van der Waals surface area (Å²) in [5.74, 6) is 0.522. The Morgan fingerprint density at radius 3 is 2.46 bits per heavy atom. The second kappa shape index (κ2) is 12.0. The van der Waals surface area contributed by atoms with Crippen LogP contribution in [0.2, 0.25) is 10.0 Å². The maximum Gasteiger partial charge on any atom is 0.319 e. The van der Waals surface area contributed by atoms with Gasteiger partial charge < -0.3 is 25.0 Å². The van der Waals surface area contributed by atoms with E-state index in [9.17, 15) is 13.2 Å². The molecule has 1 aliphatic heterocycles.